The highest BCUT2D eigenvalue weighted by Crippen LogP contribution is 2.38. The van der Waals surface area contributed by atoms with E-state index in [2.05, 4.69) is 15.1 Å². The molecule has 0 unspecified atom stereocenters. The second-order valence-electron chi connectivity index (χ2n) is 5.81. The normalized spacial score (nSPS) is 11.9. The van der Waals surface area contributed by atoms with Crippen LogP contribution in [0, 0.1) is 10.1 Å². The summed E-state index contributed by atoms with van der Waals surface area (Å²) in [6.45, 7) is 0. The summed E-state index contributed by atoms with van der Waals surface area (Å²) in [5.74, 6) is -0.0586. The van der Waals surface area contributed by atoms with Crippen molar-refractivity contribution in [1.82, 2.24) is 15.1 Å². The molecule has 0 fully saturated rings. The lowest BCUT2D eigenvalue weighted by molar-refractivity contribution is -0.388. The predicted octanol–water partition coefficient (Wildman–Crippen LogP) is 5.47. The molecule has 0 aliphatic carbocycles. The van der Waals surface area contributed by atoms with Gasteiger partial charge in [-0.05, 0) is 30.3 Å². The number of aromatic amines is 1. The number of hydrogen-bond acceptors (Lipinski definition) is 5. The minimum atomic E-state index is -4.91. The topological polar surface area (TPSA) is 97.8 Å². The molecule has 28 heavy (non-hydrogen) atoms. The summed E-state index contributed by atoms with van der Waals surface area (Å²) in [6, 6.07) is 7.65. The van der Waals surface area contributed by atoms with E-state index in [1.54, 1.807) is 24.4 Å². The SMILES string of the molecule is O=[N+]([O-])c1ccc(-c2nc(-c3ccc4[nH]cc(Cl)c4c3)no2)cc1C(F)(F)F. The number of H-pyrrole nitrogens is 1. The quantitative estimate of drug-likeness (QED) is 0.358. The summed E-state index contributed by atoms with van der Waals surface area (Å²) in [4.78, 5) is 16.8. The first-order valence-electron chi connectivity index (χ1n) is 7.71. The molecule has 0 radical (unpaired) electrons. The molecule has 0 bridgehead atoms. The number of nitro benzene ring substituents is 1. The van der Waals surface area contributed by atoms with Crippen LogP contribution in [0.15, 0.2) is 47.1 Å². The van der Waals surface area contributed by atoms with Crippen molar-refractivity contribution in [3.8, 4) is 22.8 Å². The number of nitrogens with one attached hydrogen (secondary N) is 1. The van der Waals surface area contributed by atoms with Crippen LogP contribution >= 0.6 is 11.6 Å². The lowest BCUT2D eigenvalue weighted by atomic mass is 10.1. The summed E-state index contributed by atoms with van der Waals surface area (Å²) >= 11 is 6.08. The monoisotopic (exact) mass is 408 g/mol. The van der Waals surface area contributed by atoms with Crippen LogP contribution in [-0.4, -0.2) is 20.0 Å². The van der Waals surface area contributed by atoms with Gasteiger partial charge in [0.1, 0.15) is 5.56 Å². The average Bonchev–Trinajstić information content (AvgIpc) is 3.28. The Morgan fingerprint density at radius 2 is 1.89 bits per heavy atom. The minimum absolute atomic E-state index is 0.0857. The van der Waals surface area contributed by atoms with E-state index in [4.69, 9.17) is 16.1 Å². The van der Waals surface area contributed by atoms with Crippen molar-refractivity contribution < 1.29 is 22.6 Å². The van der Waals surface area contributed by atoms with Crippen molar-refractivity contribution in [3.63, 3.8) is 0 Å². The van der Waals surface area contributed by atoms with Crippen LogP contribution in [0.4, 0.5) is 18.9 Å². The molecule has 2 aromatic heterocycles. The average molecular weight is 409 g/mol. The summed E-state index contributed by atoms with van der Waals surface area (Å²) in [7, 11) is 0. The lowest BCUT2D eigenvalue weighted by Gasteiger charge is -2.07. The second kappa shape index (κ2) is 6.34. The zero-order valence-corrected chi connectivity index (χ0v) is 14.4. The molecule has 4 rings (SSSR count). The molecule has 0 amide bonds. The molecule has 142 valence electrons. The fourth-order valence-corrected chi connectivity index (χ4v) is 2.95. The van der Waals surface area contributed by atoms with E-state index >= 15 is 0 Å². The molecule has 0 atom stereocenters. The number of halogens is 4. The number of nitrogens with zero attached hydrogens (tertiary/aromatic N) is 3. The van der Waals surface area contributed by atoms with Gasteiger partial charge in [-0.15, -0.1) is 0 Å². The maximum Gasteiger partial charge on any atom is 0.423 e. The number of nitro groups is 1. The number of fused-ring (bicyclic) bond motifs is 1. The Bertz CT molecular complexity index is 1220. The highest BCUT2D eigenvalue weighted by molar-refractivity contribution is 6.35. The van der Waals surface area contributed by atoms with Gasteiger partial charge < -0.3 is 9.51 Å². The van der Waals surface area contributed by atoms with E-state index in [9.17, 15) is 23.3 Å². The fourth-order valence-electron chi connectivity index (χ4n) is 2.74. The first-order valence-corrected chi connectivity index (χ1v) is 8.08. The zero-order chi connectivity index (χ0) is 20.1. The van der Waals surface area contributed by atoms with Gasteiger partial charge in [0.2, 0.25) is 5.82 Å². The maximum atomic E-state index is 13.1. The number of hydrogen-bond donors (Lipinski definition) is 1. The van der Waals surface area contributed by atoms with Crippen molar-refractivity contribution in [2.45, 2.75) is 6.18 Å². The number of aromatic nitrogens is 3. The minimum Gasteiger partial charge on any atom is -0.360 e. The van der Waals surface area contributed by atoms with Gasteiger partial charge in [0.05, 0.1) is 9.95 Å². The zero-order valence-electron chi connectivity index (χ0n) is 13.6. The Hall–Kier alpha value is -3.40. The molecule has 0 saturated carbocycles. The summed E-state index contributed by atoms with van der Waals surface area (Å²) in [6.07, 6.45) is -3.29. The molecular weight excluding hydrogens is 401 g/mol. The van der Waals surface area contributed by atoms with Crippen LogP contribution in [0.1, 0.15) is 5.56 Å². The van der Waals surface area contributed by atoms with Crippen LogP contribution in [0.2, 0.25) is 5.02 Å². The van der Waals surface area contributed by atoms with Crippen LogP contribution < -0.4 is 0 Å². The van der Waals surface area contributed by atoms with E-state index in [1.165, 1.54) is 0 Å². The van der Waals surface area contributed by atoms with Gasteiger partial charge in [0.15, 0.2) is 0 Å². The third kappa shape index (κ3) is 3.07. The number of alkyl halides is 3. The van der Waals surface area contributed by atoms with Gasteiger partial charge in [-0.25, -0.2) is 0 Å². The summed E-state index contributed by atoms with van der Waals surface area (Å²) < 4.78 is 44.5. The third-order valence-electron chi connectivity index (χ3n) is 4.06. The van der Waals surface area contributed by atoms with Crippen molar-refractivity contribution in [1.29, 1.82) is 0 Å². The Labute approximate surface area is 158 Å². The smallest absolute Gasteiger partial charge is 0.360 e. The first-order chi connectivity index (χ1) is 13.2. The molecule has 0 aliphatic heterocycles. The predicted molar refractivity (Wildman–Crippen MR) is 93.7 cm³/mol. The Kier molecular flexibility index (Phi) is 4.07. The number of benzene rings is 2. The van der Waals surface area contributed by atoms with Crippen molar-refractivity contribution in [2.24, 2.45) is 0 Å². The van der Waals surface area contributed by atoms with E-state index in [1.807, 2.05) is 0 Å². The first kappa shape index (κ1) is 18.0. The summed E-state index contributed by atoms with van der Waals surface area (Å²) in [5, 5.41) is 15.9. The van der Waals surface area contributed by atoms with E-state index in [-0.39, 0.29) is 17.3 Å². The summed E-state index contributed by atoms with van der Waals surface area (Å²) in [5.41, 5.74) is -1.19. The molecule has 1 N–H and O–H groups in total. The third-order valence-corrected chi connectivity index (χ3v) is 4.37. The van der Waals surface area contributed by atoms with Crippen molar-refractivity contribution >= 4 is 28.2 Å². The molecule has 11 heteroatoms. The molecule has 2 heterocycles. The molecule has 0 aliphatic rings. The van der Waals surface area contributed by atoms with Gasteiger partial charge in [-0.1, -0.05) is 16.8 Å². The Morgan fingerprint density at radius 3 is 2.61 bits per heavy atom. The largest absolute Gasteiger partial charge is 0.423 e. The van der Waals surface area contributed by atoms with E-state index < -0.39 is 22.4 Å². The standard InChI is InChI=1S/C17H8ClF3N4O3/c18-12-7-22-13-3-1-8(5-10(12)13)15-23-16(28-24-15)9-2-4-14(25(26)27)11(6-9)17(19,20)21/h1-7,22H. The van der Waals surface area contributed by atoms with Crippen LogP contribution in [0.3, 0.4) is 0 Å². The van der Waals surface area contributed by atoms with Crippen LogP contribution in [-0.2, 0) is 6.18 Å². The number of rotatable bonds is 3. The molecule has 4 aromatic rings. The van der Waals surface area contributed by atoms with Gasteiger partial charge in [0, 0.05) is 34.3 Å². The van der Waals surface area contributed by atoms with Crippen molar-refractivity contribution in [2.75, 3.05) is 0 Å². The fraction of sp³-hybridized carbons (Fsp3) is 0.0588. The Balaban J connectivity index is 1.76. The molecule has 7 nitrogen and oxygen atoms in total. The van der Waals surface area contributed by atoms with Crippen molar-refractivity contribution in [3.05, 3.63) is 63.3 Å². The molecule has 2 aromatic carbocycles. The van der Waals surface area contributed by atoms with Crippen LogP contribution in [0.25, 0.3) is 33.7 Å². The molecule has 0 saturated heterocycles. The van der Waals surface area contributed by atoms with Crippen LogP contribution in [0.5, 0.6) is 0 Å². The molecule has 0 spiro atoms. The van der Waals surface area contributed by atoms with Gasteiger partial charge in [0.25, 0.3) is 11.6 Å². The van der Waals surface area contributed by atoms with E-state index in [0.29, 0.717) is 16.7 Å². The maximum absolute atomic E-state index is 13.1. The molecular formula is C17H8ClF3N4O3. The van der Waals surface area contributed by atoms with Gasteiger partial charge >= 0.3 is 6.18 Å². The highest BCUT2D eigenvalue weighted by Gasteiger charge is 2.38. The van der Waals surface area contributed by atoms with Gasteiger partial charge in [-0.3, -0.25) is 10.1 Å². The highest BCUT2D eigenvalue weighted by atomic mass is 35.5. The lowest BCUT2D eigenvalue weighted by Crippen LogP contribution is -2.09. The van der Waals surface area contributed by atoms with E-state index in [0.717, 1.165) is 23.0 Å². The van der Waals surface area contributed by atoms with Gasteiger partial charge in [-0.2, -0.15) is 18.2 Å². The second-order valence-corrected chi connectivity index (χ2v) is 6.21. The Morgan fingerprint density at radius 1 is 1.14 bits per heavy atom.